The summed E-state index contributed by atoms with van der Waals surface area (Å²) in [6.45, 7) is 5.90. The summed E-state index contributed by atoms with van der Waals surface area (Å²) in [5, 5.41) is 15.7. The van der Waals surface area contributed by atoms with Crippen LogP contribution >= 0.6 is 0 Å². The molecule has 0 saturated carbocycles. The normalized spacial score (nSPS) is 12.0. The minimum atomic E-state index is -1.06. The largest absolute Gasteiger partial charge is 0.480 e. The van der Waals surface area contributed by atoms with Crippen LogP contribution in [-0.2, 0) is 11.3 Å². The highest BCUT2D eigenvalue weighted by Crippen LogP contribution is 2.10. The number of amides is 1. The number of hydrogen-bond donors (Lipinski definition) is 2. The van der Waals surface area contributed by atoms with Crippen LogP contribution in [0.4, 0.5) is 0 Å². The van der Waals surface area contributed by atoms with Crippen molar-refractivity contribution in [1.29, 1.82) is 0 Å². The predicted octanol–water partition coefficient (Wildman–Crippen LogP) is 1.75. The summed E-state index contributed by atoms with van der Waals surface area (Å²) < 4.78 is 1.87. The maximum atomic E-state index is 12.0. The van der Waals surface area contributed by atoms with Crippen LogP contribution < -0.4 is 5.32 Å². The second-order valence-electron chi connectivity index (χ2n) is 5.32. The standard InChI is InChI=1S/C16H19N3O3/c1-10-7-11(2)19(18-10)9-13-5-4-6-14(8-13)15(20)17-12(3)16(21)22/h4-8,12H,9H2,1-3H3,(H,17,20)(H,21,22). The predicted molar refractivity (Wildman–Crippen MR) is 81.8 cm³/mol. The summed E-state index contributed by atoms with van der Waals surface area (Å²) >= 11 is 0. The van der Waals surface area contributed by atoms with E-state index in [-0.39, 0.29) is 0 Å². The molecule has 0 saturated heterocycles. The topological polar surface area (TPSA) is 84.2 Å². The summed E-state index contributed by atoms with van der Waals surface area (Å²) in [6, 6.07) is 8.17. The first kappa shape index (κ1) is 15.8. The molecule has 1 amide bonds. The van der Waals surface area contributed by atoms with E-state index in [0.29, 0.717) is 12.1 Å². The highest BCUT2D eigenvalue weighted by atomic mass is 16.4. The van der Waals surface area contributed by atoms with E-state index in [1.165, 1.54) is 6.92 Å². The van der Waals surface area contributed by atoms with Gasteiger partial charge >= 0.3 is 5.97 Å². The van der Waals surface area contributed by atoms with Gasteiger partial charge in [-0.1, -0.05) is 12.1 Å². The lowest BCUT2D eigenvalue weighted by Crippen LogP contribution is -2.38. The van der Waals surface area contributed by atoms with Gasteiger partial charge in [0.2, 0.25) is 0 Å². The molecular weight excluding hydrogens is 282 g/mol. The number of aryl methyl sites for hydroxylation is 2. The van der Waals surface area contributed by atoms with E-state index < -0.39 is 17.9 Å². The molecule has 6 nitrogen and oxygen atoms in total. The molecule has 0 bridgehead atoms. The van der Waals surface area contributed by atoms with E-state index >= 15 is 0 Å². The highest BCUT2D eigenvalue weighted by molar-refractivity contribution is 5.96. The van der Waals surface area contributed by atoms with Crippen molar-refractivity contribution in [3.63, 3.8) is 0 Å². The number of aliphatic carboxylic acids is 1. The monoisotopic (exact) mass is 301 g/mol. The zero-order valence-corrected chi connectivity index (χ0v) is 12.8. The first-order chi connectivity index (χ1) is 10.4. The van der Waals surface area contributed by atoms with Crippen molar-refractivity contribution in [3.8, 4) is 0 Å². The number of carbonyl (C=O) groups is 2. The fourth-order valence-electron chi connectivity index (χ4n) is 2.16. The van der Waals surface area contributed by atoms with Gasteiger partial charge in [0.25, 0.3) is 5.91 Å². The summed E-state index contributed by atoms with van der Waals surface area (Å²) in [5.41, 5.74) is 3.36. The van der Waals surface area contributed by atoms with Crippen LogP contribution in [0.5, 0.6) is 0 Å². The fourth-order valence-corrected chi connectivity index (χ4v) is 2.16. The summed E-state index contributed by atoms with van der Waals surface area (Å²) in [6.07, 6.45) is 0. The van der Waals surface area contributed by atoms with Gasteiger partial charge in [0, 0.05) is 11.3 Å². The molecule has 1 aromatic carbocycles. The Balaban J connectivity index is 2.14. The van der Waals surface area contributed by atoms with Crippen LogP contribution in [0, 0.1) is 13.8 Å². The maximum absolute atomic E-state index is 12.0. The highest BCUT2D eigenvalue weighted by Gasteiger charge is 2.15. The molecule has 2 aromatic rings. The Morgan fingerprint density at radius 3 is 2.64 bits per heavy atom. The van der Waals surface area contributed by atoms with E-state index in [2.05, 4.69) is 10.4 Å². The lowest BCUT2D eigenvalue weighted by atomic mass is 10.1. The minimum absolute atomic E-state index is 0.398. The number of hydrogen-bond acceptors (Lipinski definition) is 3. The average molecular weight is 301 g/mol. The third-order valence-corrected chi connectivity index (χ3v) is 3.34. The van der Waals surface area contributed by atoms with Gasteiger partial charge in [-0.15, -0.1) is 0 Å². The Bertz CT molecular complexity index is 706. The molecule has 0 aliphatic heterocycles. The summed E-state index contributed by atoms with van der Waals surface area (Å²) in [4.78, 5) is 22.8. The molecule has 1 atom stereocenters. The van der Waals surface area contributed by atoms with E-state index in [1.807, 2.05) is 30.7 Å². The number of carboxylic acid groups (broad SMARTS) is 1. The zero-order valence-electron chi connectivity index (χ0n) is 12.8. The van der Waals surface area contributed by atoms with E-state index in [0.717, 1.165) is 17.0 Å². The van der Waals surface area contributed by atoms with Crippen LogP contribution in [-0.4, -0.2) is 32.8 Å². The van der Waals surface area contributed by atoms with Crippen molar-refractivity contribution < 1.29 is 14.7 Å². The first-order valence-electron chi connectivity index (χ1n) is 7.00. The summed E-state index contributed by atoms with van der Waals surface area (Å²) in [5.74, 6) is -1.46. The van der Waals surface area contributed by atoms with Crippen LogP contribution in [0.2, 0.25) is 0 Å². The molecule has 22 heavy (non-hydrogen) atoms. The minimum Gasteiger partial charge on any atom is -0.480 e. The molecule has 116 valence electrons. The van der Waals surface area contributed by atoms with E-state index in [9.17, 15) is 9.59 Å². The van der Waals surface area contributed by atoms with Gasteiger partial charge in [-0.25, -0.2) is 0 Å². The van der Waals surface area contributed by atoms with Gasteiger partial charge in [-0.3, -0.25) is 14.3 Å². The molecule has 0 radical (unpaired) electrons. The van der Waals surface area contributed by atoms with Crippen LogP contribution in [0.1, 0.15) is 34.2 Å². The average Bonchev–Trinajstić information content (AvgIpc) is 2.77. The molecule has 0 aliphatic rings. The molecular formula is C16H19N3O3. The Kier molecular flexibility index (Phi) is 4.60. The summed E-state index contributed by atoms with van der Waals surface area (Å²) in [7, 11) is 0. The van der Waals surface area contributed by atoms with Crippen LogP contribution in [0.15, 0.2) is 30.3 Å². The zero-order chi connectivity index (χ0) is 16.3. The number of nitrogens with zero attached hydrogens (tertiary/aromatic N) is 2. The molecule has 0 aliphatic carbocycles. The number of carboxylic acids is 1. The van der Waals surface area contributed by atoms with Gasteiger partial charge in [-0.05, 0) is 44.5 Å². The fraction of sp³-hybridized carbons (Fsp3) is 0.312. The second-order valence-corrected chi connectivity index (χ2v) is 5.32. The Morgan fingerprint density at radius 1 is 1.32 bits per heavy atom. The van der Waals surface area contributed by atoms with Gasteiger partial charge in [0.15, 0.2) is 0 Å². The number of nitrogens with one attached hydrogen (secondary N) is 1. The third-order valence-electron chi connectivity index (χ3n) is 3.34. The van der Waals surface area contributed by atoms with Crippen molar-refractivity contribution >= 4 is 11.9 Å². The number of benzene rings is 1. The smallest absolute Gasteiger partial charge is 0.325 e. The van der Waals surface area contributed by atoms with E-state index in [4.69, 9.17) is 5.11 Å². The SMILES string of the molecule is Cc1cc(C)n(Cc2cccc(C(=O)NC(C)C(=O)O)c2)n1. The Labute approximate surface area is 128 Å². The molecule has 0 fully saturated rings. The second kappa shape index (κ2) is 6.43. The van der Waals surface area contributed by atoms with Gasteiger partial charge in [0.05, 0.1) is 12.2 Å². The van der Waals surface area contributed by atoms with Crippen LogP contribution in [0.25, 0.3) is 0 Å². The molecule has 1 heterocycles. The van der Waals surface area contributed by atoms with Crippen molar-refractivity contribution in [3.05, 3.63) is 52.8 Å². The first-order valence-corrected chi connectivity index (χ1v) is 7.00. The molecule has 1 unspecified atom stereocenters. The lowest BCUT2D eigenvalue weighted by molar-refractivity contribution is -0.138. The molecule has 0 spiro atoms. The molecule has 1 aromatic heterocycles. The Morgan fingerprint density at radius 2 is 2.05 bits per heavy atom. The lowest BCUT2D eigenvalue weighted by Gasteiger charge is -2.10. The van der Waals surface area contributed by atoms with Crippen molar-refractivity contribution in [2.24, 2.45) is 0 Å². The number of carbonyl (C=O) groups excluding carboxylic acids is 1. The number of rotatable bonds is 5. The number of aromatic nitrogens is 2. The maximum Gasteiger partial charge on any atom is 0.325 e. The van der Waals surface area contributed by atoms with Crippen LogP contribution in [0.3, 0.4) is 0 Å². The molecule has 6 heteroatoms. The third kappa shape index (κ3) is 3.72. The van der Waals surface area contributed by atoms with Crippen molar-refractivity contribution in [1.82, 2.24) is 15.1 Å². The van der Waals surface area contributed by atoms with Gasteiger partial charge < -0.3 is 10.4 Å². The van der Waals surface area contributed by atoms with E-state index in [1.54, 1.807) is 18.2 Å². The van der Waals surface area contributed by atoms with Gasteiger partial charge in [-0.2, -0.15) is 5.10 Å². The Hall–Kier alpha value is -2.63. The van der Waals surface area contributed by atoms with Crippen molar-refractivity contribution in [2.45, 2.75) is 33.4 Å². The molecule has 2 N–H and O–H groups in total. The van der Waals surface area contributed by atoms with Crippen molar-refractivity contribution in [2.75, 3.05) is 0 Å². The van der Waals surface area contributed by atoms with Gasteiger partial charge in [0.1, 0.15) is 6.04 Å². The quantitative estimate of drug-likeness (QED) is 0.881. The molecule has 2 rings (SSSR count).